The Morgan fingerprint density at radius 1 is 1.14 bits per heavy atom. The molecule has 0 saturated carbocycles. The number of H-pyrrole nitrogens is 1. The second-order valence-electron chi connectivity index (χ2n) is 4.36. The summed E-state index contributed by atoms with van der Waals surface area (Å²) in [7, 11) is 0. The van der Waals surface area contributed by atoms with Crippen LogP contribution in [-0.4, -0.2) is 15.0 Å². The molecule has 0 bridgehead atoms. The fourth-order valence-corrected chi connectivity index (χ4v) is 1.90. The van der Waals surface area contributed by atoms with Crippen LogP contribution in [0, 0.1) is 11.3 Å². The first kappa shape index (κ1) is 13.1. The second kappa shape index (κ2) is 4.59. The summed E-state index contributed by atoms with van der Waals surface area (Å²) >= 11 is 0. The van der Waals surface area contributed by atoms with Gasteiger partial charge in [0.2, 0.25) is 0 Å². The van der Waals surface area contributed by atoms with E-state index in [1.807, 2.05) is 6.07 Å². The average Bonchev–Trinajstić information content (AvgIpc) is 2.89. The summed E-state index contributed by atoms with van der Waals surface area (Å²) in [5, 5.41) is 8.82. The predicted molar refractivity (Wildman–Crippen MR) is 69.0 cm³/mol. The van der Waals surface area contributed by atoms with E-state index >= 15 is 0 Å². The van der Waals surface area contributed by atoms with E-state index in [0.29, 0.717) is 28.1 Å². The van der Waals surface area contributed by atoms with Crippen molar-refractivity contribution in [3.63, 3.8) is 0 Å². The third-order valence-corrected chi connectivity index (χ3v) is 2.94. The van der Waals surface area contributed by atoms with Crippen LogP contribution in [0.2, 0.25) is 0 Å². The average molecular weight is 288 g/mol. The summed E-state index contributed by atoms with van der Waals surface area (Å²) in [6.45, 7) is 0. The number of aromatic nitrogens is 3. The van der Waals surface area contributed by atoms with Crippen molar-refractivity contribution in [1.82, 2.24) is 15.0 Å². The highest BCUT2D eigenvalue weighted by molar-refractivity contribution is 5.80. The molecule has 7 heteroatoms. The molecule has 0 saturated heterocycles. The molecule has 1 aromatic carbocycles. The number of alkyl halides is 3. The molecule has 2 aromatic heterocycles. The van der Waals surface area contributed by atoms with Crippen LogP contribution in [0.5, 0.6) is 0 Å². The lowest BCUT2D eigenvalue weighted by Crippen LogP contribution is -2.05. The molecule has 0 aliphatic rings. The van der Waals surface area contributed by atoms with E-state index in [9.17, 15) is 13.2 Å². The fraction of sp³-hybridized carbons (Fsp3) is 0.0714. The van der Waals surface area contributed by atoms with E-state index in [1.54, 1.807) is 18.2 Å². The van der Waals surface area contributed by atoms with Gasteiger partial charge in [-0.1, -0.05) is 0 Å². The third kappa shape index (κ3) is 2.43. The first-order chi connectivity index (χ1) is 9.97. The van der Waals surface area contributed by atoms with Crippen LogP contribution in [0.15, 0.2) is 36.5 Å². The van der Waals surface area contributed by atoms with Gasteiger partial charge in [-0.05, 0) is 30.3 Å². The maximum atomic E-state index is 12.5. The molecule has 1 N–H and O–H groups in total. The molecule has 4 nitrogen and oxygen atoms in total. The maximum Gasteiger partial charge on any atom is 0.417 e. The molecule has 3 aromatic rings. The van der Waals surface area contributed by atoms with Crippen LogP contribution in [-0.2, 0) is 6.18 Å². The number of nitrogens with one attached hydrogen (secondary N) is 1. The summed E-state index contributed by atoms with van der Waals surface area (Å²) in [5.74, 6) is 0.355. The van der Waals surface area contributed by atoms with Crippen LogP contribution in [0.1, 0.15) is 11.1 Å². The highest BCUT2D eigenvalue weighted by atomic mass is 19.4. The minimum absolute atomic E-state index is 0.303. The van der Waals surface area contributed by atoms with Crippen LogP contribution < -0.4 is 0 Å². The molecule has 0 unspecified atom stereocenters. The van der Waals surface area contributed by atoms with Crippen LogP contribution in [0.4, 0.5) is 13.2 Å². The number of rotatable bonds is 1. The van der Waals surface area contributed by atoms with Gasteiger partial charge in [-0.15, -0.1) is 0 Å². The molecule has 0 aliphatic carbocycles. The van der Waals surface area contributed by atoms with Gasteiger partial charge in [0.1, 0.15) is 5.69 Å². The molecule has 0 spiro atoms. The van der Waals surface area contributed by atoms with E-state index in [4.69, 9.17) is 5.26 Å². The summed E-state index contributed by atoms with van der Waals surface area (Å²) in [4.78, 5) is 11.0. The predicted octanol–water partition coefficient (Wildman–Crippen LogP) is 3.52. The van der Waals surface area contributed by atoms with Crippen molar-refractivity contribution in [3.05, 3.63) is 47.7 Å². The van der Waals surface area contributed by atoms with Gasteiger partial charge in [0, 0.05) is 6.20 Å². The standard InChI is InChI=1S/C14H7F3N4/c15-14(16,17)9-2-4-11(19-7-9)13-20-10-3-1-8(6-18)5-12(10)21-13/h1-5,7H,(H,20,21). The van der Waals surface area contributed by atoms with Crippen LogP contribution in [0.25, 0.3) is 22.6 Å². The number of halogens is 3. The topological polar surface area (TPSA) is 65.4 Å². The van der Waals surface area contributed by atoms with Gasteiger partial charge in [-0.25, -0.2) is 4.98 Å². The summed E-state index contributed by atoms with van der Waals surface area (Å²) in [6.07, 6.45) is -3.65. The number of nitriles is 1. The van der Waals surface area contributed by atoms with Crippen molar-refractivity contribution in [3.8, 4) is 17.6 Å². The summed E-state index contributed by atoms with van der Waals surface area (Å²) < 4.78 is 37.4. The SMILES string of the molecule is N#Cc1ccc2nc(-c3ccc(C(F)(F)F)cn3)[nH]c2c1. The van der Waals surface area contributed by atoms with E-state index in [2.05, 4.69) is 15.0 Å². The Morgan fingerprint density at radius 2 is 1.95 bits per heavy atom. The number of hydrogen-bond acceptors (Lipinski definition) is 3. The molecular formula is C14H7F3N4. The molecule has 2 heterocycles. The van der Waals surface area contributed by atoms with Gasteiger partial charge in [-0.2, -0.15) is 18.4 Å². The molecule has 0 amide bonds. The number of hydrogen-bond donors (Lipinski definition) is 1. The van der Waals surface area contributed by atoms with Gasteiger partial charge in [-0.3, -0.25) is 4.98 Å². The zero-order chi connectivity index (χ0) is 15.0. The minimum atomic E-state index is -4.42. The Morgan fingerprint density at radius 3 is 2.57 bits per heavy atom. The van der Waals surface area contributed by atoms with E-state index in [1.165, 1.54) is 6.07 Å². The zero-order valence-corrected chi connectivity index (χ0v) is 10.4. The molecular weight excluding hydrogens is 281 g/mol. The van der Waals surface area contributed by atoms with Crippen molar-refractivity contribution in [2.75, 3.05) is 0 Å². The van der Waals surface area contributed by atoms with Gasteiger partial charge in [0.05, 0.1) is 28.2 Å². The Balaban J connectivity index is 2.02. The third-order valence-electron chi connectivity index (χ3n) is 2.94. The van der Waals surface area contributed by atoms with Crippen molar-refractivity contribution in [2.45, 2.75) is 6.18 Å². The molecule has 3 rings (SSSR count). The normalized spacial score (nSPS) is 11.5. The van der Waals surface area contributed by atoms with Crippen molar-refractivity contribution < 1.29 is 13.2 Å². The molecule has 0 atom stereocenters. The minimum Gasteiger partial charge on any atom is -0.337 e. The number of imidazole rings is 1. The van der Waals surface area contributed by atoms with Crippen LogP contribution >= 0.6 is 0 Å². The quantitative estimate of drug-likeness (QED) is 0.745. The summed E-state index contributed by atoms with van der Waals surface area (Å²) in [6, 6.07) is 9.12. The molecule has 21 heavy (non-hydrogen) atoms. The van der Waals surface area contributed by atoms with Crippen LogP contribution in [0.3, 0.4) is 0 Å². The van der Waals surface area contributed by atoms with Crippen molar-refractivity contribution >= 4 is 11.0 Å². The zero-order valence-electron chi connectivity index (χ0n) is 10.4. The van der Waals surface area contributed by atoms with Gasteiger partial charge < -0.3 is 4.98 Å². The van der Waals surface area contributed by atoms with Gasteiger partial charge in [0.15, 0.2) is 5.82 Å². The largest absolute Gasteiger partial charge is 0.417 e. The van der Waals surface area contributed by atoms with Gasteiger partial charge in [0.25, 0.3) is 0 Å². The molecule has 0 fully saturated rings. The highest BCUT2D eigenvalue weighted by Gasteiger charge is 2.30. The highest BCUT2D eigenvalue weighted by Crippen LogP contribution is 2.29. The first-order valence-electron chi connectivity index (χ1n) is 5.91. The Bertz CT molecular complexity index is 841. The first-order valence-corrected chi connectivity index (χ1v) is 5.91. The van der Waals surface area contributed by atoms with Gasteiger partial charge >= 0.3 is 6.18 Å². The summed E-state index contributed by atoms with van der Waals surface area (Å²) in [5.41, 5.74) is 1.21. The lowest BCUT2D eigenvalue weighted by molar-refractivity contribution is -0.137. The lowest BCUT2D eigenvalue weighted by Gasteiger charge is -2.05. The lowest BCUT2D eigenvalue weighted by atomic mass is 10.2. The monoisotopic (exact) mass is 288 g/mol. The number of benzene rings is 1. The maximum absolute atomic E-state index is 12.5. The van der Waals surface area contributed by atoms with Crippen molar-refractivity contribution in [2.24, 2.45) is 0 Å². The van der Waals surface area contributed by atoms with E-state index in [-0.39, 0.29) is 0 Å². The number of aromatic amines is 1. The smallest absolute Gasteiger partial charge is 0.337 e. The number of fused-ring (bicyclic) bond motifs is 1. The molecule has 104 valence electrons. The molecule has 0 aliphatic heterocycles. The second-order valence-corrected chi connectivity index (χ2v) is 4.36. The van der Waals surface area contributed by atoms with Crippen molar-refractivity contribution in [1.29, 1.82) is 5.26 Å². The number of nitrogens with zero attached hydrogens (tertiary/aromatic N) is 3. The Labute approximate surface area is 116 Å². The van der Waals surface area contributed by atoms with E-state index in [0.717, 1.165) is 12.3 Å². The Kier molecular flexibility index (Phi) is 2.87. The molecule has 0 radical (unpaired) electrons. The van der Waals surface area contributed by atoms with E-state index < -0.39 is 11.7 Å². The Hall–Kier alpha value is -2.88. The number of pyridine rings is 1. The fourth-order valence-electron chi connectivity index (χ4n) is 1.90.